The van der Waals surface area contributed by atoms with E-state index in [0.29, 0.717) is 23.4 Å². The van der Waals surface area contributed by atoms with Gasteiger partial charge in [-0.05, 0) is 36.6 Å². The molecule has 0 aromatic heterocycles. The Morgan fingerprint density at radius 2 is 1.61 bits per heavy atom. The van der Waals surface area contributed by atoms with Gasteiger partial charge in [0.25, 0.3) is 23.4 Å². The highest BCUT2D eigenvalue weighted by atomic mass is 35.5. The van der Waals surface area contributed by atoms with Crippen molar-refractivity contribution in [1.29, 1.82) is 0 Å². The summed E-state index contributed by atoms with van der Waals surface area (Å²) in [5.74, 6) is -2.52. The normalized spacial score (nSPS) is 20.5. The molecule has 1 heterocycles. The molecule has 0 bridgehead atoms. The third kappa shape index (κ3) is 3.90. The first kappa shape index (κ1) is 21.0. The Morgan fingerprint density at radius 1 is 1.03 bits per heavy atom. The third-order valence-corrected chi connectivity index (χ3v) is 6.12. The van der Waals surface area contributed by atoms with Gasteiger partial charge in [-0.3, -0.25) is 24.5 Å². The molecule has 2 atom stereocenters. The second-order valence-electron chi connectivity index (χ2n) is 7.75. The van der Waals surface area contributed by atoms with Crippen LogP contribution in [-0.4, -0.2) is 32.7 Å². The standard InChI is InChI=1S/C22H20ClN3O5/c23-15-11-9-14(10-12-15)13-24(20(27)18-7-3-4-8-19(18)26(30)31)25-21(28)16-5-1-2-6-17(16)22(25)29/h3-4,7-12,16-17H,1-2,5-6,13H2/t16-,17-/m1/s1. The smallest absolute Gasteiger partial charge is 0.272 e. The number of para-hydroxylation sites is 1. The molecule has 3 amide bonds. The predicted octanol–water partition coefficient (Wildman–Crippen LogP) is 3.98. The Morgan fingerprint density at radius 3 is 2.19 bits per heavy atom. The SMILES string of the molecule is O=C(c1ccccc1[N+](=O)[O-])N(Cc1ccc(Cl)cc1)N1C(=O)[C@@H]2CCCC[C@H]2C1=O. The maximum absolute atomic E-state index is 13.5. The number of halogens is 1. The van der Waals surface area contributed by atoms with Crippen molar-refractivity contribution in [3.8, 4) is 0 Å². The van der Waals surface area contributed by atoms with E-state index in [-0.39, 0.29) is 17.8 Å². The first-order chi connectivity index (χ1) is 14.9. The van der Waals surface area contributed by atoms with Crippen LogP contribution in [0.1, 0.15) is 41.6 Å². The van der Waals surface area contributed by atoms with Gasteiger partial charge in [-0.15, -0.1) is 0 Å². The first-order valence-electron chi connectivity index (χ1n) is 10.1. The molecule has 1 aliphatic carbocycles. The van der Waals surface area contributed by atoms with E-state index < -0.39 is 34.5 Å². The average molecular weight is 442 g/mol. The van der Waals surface area contributed by atoms with Crippen molar-refractivity contribution in [2.75, 3.05) is 0 Å². The second kappa shape index (κ2) is 8.47. The number of nitrogens with zero attached hydrogens (tertiary/aromatic N) is 3. The summed E-state index contributed by atoms with van der Waals surface area (Å²) in [6, 6.07) is 12.2. The van der Waals surface area contributed by atoms with Crippen LogP contribution in [0.15, 0.2) is 48.5 Å². The Balaban J connectivity index is 1.76. The van der Waals surface area contributed by atoms with E-state index in [1.54, 1.807) is 24.3 Å². The van der Waals surface area contributed by atoms with Crippen LogP contribution in [0.5, 0.6) is 0 Å². The molecule has 0 radical (unpaired) electrons. The number of nitro benzene ring substituents is 1. The van der Waals surface area contributed by atoms with Crippen LogP contribution in [0.25, 0.3) is 0 Å². The molecule has 0 unspecified atom stereocenters. The van der Waals surface area contributed by atoms with Crippen LogP contribution >= 0.6 is 11.6 Å². The predicted molar refractivity (Wildman–Crippen MR) is 112 cm³/mol. The molecular weight excluding hydrogens is 422 g/mol. The van der Waals surface area contributed by atoms with Gasteiger partial charge in [0, 0.05) is 11.1 Å². The number of imide groups is 1. The van der Waals surface area contributed by atoms with Gasteiger partial charge in [-0.25, -0.2) is 5.01 Å². The van der Waals surface area contributed by atoms with Gasteiger partial charge in [0.05, 0.1) is 23.3 Å². The van der Waals surface area contributed by atoms with Gasteiger partial charge >= 0.3 is 0 Å². The lowest BCUT2D eigenvalue weighted by Crippen LogP contribution is -2.49. The molecule has 9 heteroatoms. The van der Waals surface area contributed by atoms with Crippen molar-refractivity contribution < 1.29 is 19.3 Å². The molecule has 2 fully saturated rings. The quantitative estimate of drug-likeness (QED) is 0.397. The van der Waals surface area contributed by atoms with Crippen molar-refractivity contribution in [3.05, 3.63) is 74.8 Å². The van der Waals surface area contributed by atoms with Crippen molar-refractivity contribution in [2.45, 2.75) is 32.2 Å². The lowest BCUT2D eigenvalue weighted by atomic mass is 9.81. The lowest BCUT2D eigenvalue weighted by molar-refractivity contribution is -0.385. The summed E-state index contributed by atoms with van der Waals surface area (Å²) in [5, 5.41) is 13.9. The monoisotopic (exact) mass is 441 g/mol. The maximum atomic E-state index is 13.5. The summed E-state index contributed by atoms with van der Waals surface area (Å²) in [6.45, 7) is -0.0982. The van der Waals surface area contributed by atoms with E-state index in [1.807, 2.05) is 0 Å². The van der Waals surface area contributed by atoms with Gasteiger partial charge in [0.2, 0.25) is 0 Å². The fourth-order valence-corrected chi connectivity index (χ4v) is 4.46. The molecule has 0 N–H and O–H groups in total. The van der Waals surface area contributed by atoms with Crippen LogP contribution in [-0.2, 0) is 16.1 Å². The topological polar surface area (TPSA) is 101 Å². The number of fused-ring (bicyclic) bond motifs is 1. The van der Waals surface area contributed by atoms with Crippen LogP contribution in [0.3, 0.4) is 0 Å². The van der Waals surface area contributed by atoms with E-state index in [0.717, 1.165) is 22.9 Å². The molecular formula is C22H20ClN3O5. The number of nitro groups is 1. The molecule has 2 aromatic carbocycles. The van der Waals surface area contributed by atoms with Gasteiger partial charge < -0.3 is 0 Å². The Hall–Kier alpha value is -3.26. The van der Waals surface area contributed by atoms with Gasteiger partial charge in [0.15, 0.2) is 0 Å². The summed E-state index contributed by atoms with van der Waals surface area (Å²) in [5.41, 5.74) is 0.0638. The highest BCUT2D eigenvalue weighted by Crippen LogP contribution is 2.39. The maximum Gasteiger partial charge on any atom is 0.282 e. The summed E-state index contributed by atoms with van der Waals surface area (Å²) in [7, 11) is 0. The minimum Gasteiger partial charge on any atom is -0.272 e. The first-order valence-corrected chi connectivity index (χ1v) is 10.4. The van der Waals surface area contributed by atoms with E-state index in [4.69, 9.17) is 11.6 Å². The van der Waals surface area contributed by atoms with Gasteiger partial charge in [-0.2, -0.15) is 5.01 Å². The lowest BCUT2D eigenvalue weighted by Gasteiger charge is -2.30. The molecule has 8 nitrogen and oxygen atoms in total. The zero-order chi connectivity index (χ0) is 22.1. The Bertz CT molecular complexity index is 1030. The molecule has 2 aromatic rings. The van der Waals surface area contributed by atoms with E-state index in [2.05, 4.69) is 0 Å². The number of amides is 3. The van der Waals surface area contributed by atoms with Gasteiger partial charge in [0.1, 0.15) is 5.56 Å². The highest BCUT2D eigenvalue weighted by Gasteiger charge is 2.51. The van der Waals surface area contributed by atoms with Crippen molar-refractivity contribution in [1.82, 2.24) is 10.0 Å². The summed E-state index contributed by atoms with van der Waals surface area (Å²) in [4.78, 5) is 50.6. The summed E-state index contributed by atoms with van der Waals surface area (Å²) in [6.07, 6.45) is 2.90. The van der Waals surface area contributed by atoms with Crippen molar-refractivity contribution in [3.63, 3.8) is 0 Å². The number of hydrogen-bond donors (Lipinski definition) is 0. The van der Waals surface area contributed by atoms with Crippen molar-refractivity contribution in [2.24, 2.45) is 11.8 Å². The molecule has 2 aliphatic rings. The van der Waals surface area contributed by atoms with Crippen LogP contribution in [0.4, 0.5) is 5.69 Å². The Kier molecular flexibility index (Phi) is 5.73. The molecule has 4 rings (SSSR count). The molecule has 1 saturated carbocycles. The van der Waals surface area contributed by atoms with Crippen molar-refractivity contribution >= 4 is 35.0 Å². The van der Waals surface area contributed by atoms with E-state index in [9.17, 15) is 24.5 Å². The molecule has 1 aliphatic heterocycles. The number of benzene rings is 2. The zero-order valence-electron chi connectivity index (χ0n) is 16.6. The minimum atomic E-state index is -0.775. The molecule has 0 spiro atoms. The number of hydrogen-bond acceptors (Lipinski definition) is 5. The van der Waals surface area contributed by atoms with Gasteiger partial charge in [-0.1, -0.05) is 48.7 Å². The molecule has 31 heavy (non-hydrogen) atoms. The molecule has 160 valence electrons. The fraction of sp³-hybridized carbons (Fsp3) is 0.318. The Labute approximate surface area is 183 Å². The van der Waals surface area contributed by atoms with E-state index in [1.165, 1.54) is 24.3 Å². The highest BCUT2D eigenvalue weighted by molar-refractivity contribution is 6.30. The minimum absolute atomic E-state index is 0.0982. The van der Waals surface area contributed by atoms with Crippen LogP contribution in [0.2, 0.25) is 5.02 Å². The number of carbonyl (C=O) groups excluding carboxylic acids is 3. The number of rotatable bonds is 5. The third-order valence-electron chi connectivity index (χ3n) is 5.87. The zero-order valence-corrected chi connectivity index (χ0v) is 17.3. The summed E-state index contributed by atoms with van der Waals surface area (Å²) < 4.78 is 0. The van der Waals surface area contributed by atoms with E-state index >= 15 is 0 Å². The van der Waals surface area contributed by atoms with Crippen LogP contribution < -0.4 is 0 Å². The summed E-state index contributed by atoms with van der Waals surface area (Å²) >= 11 is 5.94. The number of hydrazine groups is 1. The van der Waals surface area contributed by atoms with Crippen LogP contribution in [0, 0.1) is 22.0 Å². The number of carbonyl (C=O) groups is 3. The average Bonchev–Trinajstić information content (AvgIpc) is 3.03. The second-order valence-corrected chi connectivity index (χ2v) is 8.19. The largest absolute Gasteiger partial charge is 0.282 e. The fourth-order valence-electron chi connectivity index (χ4n) is 4.33. The molecule has 1 saturated heterocycles.